The number of nitrogens with one attached hydrogen (secondary N) is 1. The van der Waals surface area contributed by atoms with Crippen molar-refractivity contribution in [2.24, 2.45) is 0 Å². The average Bonchev–Trinajstić information content (AvgIpc) is 3.17. The van der Waals surface area contributed by atoms with Gasteiger partial charge in [0.2, 0.25) is 0 Å². The summed E-state index contributed by atoms with van der Waals surface area (Å²) in [5.74, 6) is 0.569. The number of aromatic nitrogens is 3. The maximum absolute atomic E-state index is 13.4. The Morgan fingerprint density at radius 3 is 2.68 bits per heavy atom. The van der Waals surface area contributed by atoms with Crippen LogP contribution in [0.5, 0.6) is 11.5 Å². The predicted molar refractivity (Wildman–Crippen MR) is 125 cm³/mol. The fourth-order valence-corrected chi connectivity index (χ4v) is 3.82. The Bertz CT molecular complexity index is 1210. The number of hydrogen-bond donors (Lipinski definition) is 3. The SMILES string of the molecule is CCC(C)(C)N(CC(O)c1cc(O)cc2c1OCC(=O)N2)n1nc(-c2ccc(F)cc2)nc1C. The zero-order valence-electron chi connectivity index (χ0n) is 19.5. The maximum atomic E-state index is 13.4. The van der Waals surface area contributed by atoms with E-state index in [0.717, 1.165) is 6.42 Å². The minimum atomic E-state index is -1.08. The molecule has 0 radical (unpaired) electrons. The van der Waals surface area contributed by atoms with Crippen molar-refractivity contribution in [2.45, 2.75) is 45.8 Å². The quantitative estimate of drug-likeness (QED) is 0.487. The lowest BCUT2D eigenvalue weighted by Crippen LogP contribution is -2.53. The lowest BCUT2D eigenvalue weighted by molar-refractivity contribution is -0.118. The van der Waals surface area contributed by atoms with E-state index in [1.54, 1.807) is 23.8 Å². The van der Waals surface area contributed by atoms with Gasteiger partial charge in [-0.1, -0.05) is 6.92 Å². The molecule has 1 aliphatic heterocycles. The van der Waals surface area contributed by atoms with Crippen molar-refractivity contribution in [2.75, 3.05) is 23.5 Å². The summed E-state index contributed by atoms with van der Waals surface area (Å²) in [4.78, 5) is 17.9. The minimum absolute atomic E-state index is 0.0983. The molecule has 9 nitrogen and oxygen atoms in total. The van der Waals surface area contributed by atoms with E-state index in [-0.39, 0.29) is 30.6 Å². The molecule has 1 unspecified atom stereocenters. The van der Waals surface area contributed by atoms with Crippen LogP contribution in [0.15, 0.2) is 36.4 Å². The Morgan fingerprint density at radius 2 is 2.00 bits per heavy atom. The highest BCUT2D eigenvalue weighted by atomic mass is 19.1. The fraction of sp³-hybridized carbons (Fsp3) is 0.375. The van der Waals surface area contributed by atoms with E-state index in [1.807, 2.05) is 25.8 Å². The molecule has 0 aliphatic carbocycles. The van der Waals surface area contributed by atoms with Crippen molar-refractivity contribution in [3.05, 3.63) is 53.6 Å². The molecule has 0 saturated carbocycles. The first-order chi connectivity index (χ1) is 16.1. The zero-order chi connectivity index (χ0) is 24.6. The van der Waals surface area contributed by atoms with Gasteiger partial charge in [-0.15, -0.1) is 5.10 Å². The average molecular weight is 470 g/mol. The zero-order valence-corrected chi connectivity index (χ0v) is 19.5. The highest BCUT2D eigenvalue weighted by Crippen LogP contribution is 2.39. The van der Waals surface area contributed by atoms with Crippen molar-refractivity contribution in [3.8, 4) is 22.9 Å². The van der Waals surface area contributed by atoms with Gasteiger partial charge >= 0.3 is 0 Å². The molecule has 3 aromatic rings. The van der Waals surface area contributed by atoms with E-state index in [2.05, 4.69) is 15.4 Å². The third-order valence-electron chi connectivity index (χ3n) is 6.07. The molecule has 1 atom stereocenters. The molecule has 180 valence electrons. The third kappa shape index (κ3) is 4.54. The number of fused-ring (bicyclic) bond motifs is 1. The standard InChI is InChI=1S/C24H28FN5O4/c1-5-24(3,4)29(30-14(2)26-23(28-30)15-6-8-16(25)9-7-15)12-20(32)18-10-17(31)11-19-22(18)34-13-21(33)27-19/h6-11,20,31-32H,5,12-13H2,1-4H3,(H,27,33). The van der Waals surface area contributed by atoms with Gasteiger partial charge in [-0.2, -0.15) is 4.79 Å². The number of carbonyl (C=O) groups is 1. The van der Waals surface area contributed by atoms with Crippen LogP contribution in [-0.2, 0) is 4.79 Å². The number of anilines is 1. The van der Waals surface area contributed by atoms with Gasteiger partial charge in [-0.05, 0) is 57.5 Å². The second kappa shape index (κ2) is 8.94. The van der Waals surface area contributed by atoms with E-state index in [0.29, 0.717) is 34.2 Å². The van der Waals surface area contributed by atoms with Crippen LogP contribution < -0.4 is 15.1 Å². The van der Waals surface area contributed by atoms with E-state index in [1.165, 1.54) is 24.3 Å². The molecule has 2 aromatic carbocycles. The summed E-state index contributed by atoms with van der Waals surface area (Å²) >= 11 is 0. The summed E-state index contributed by atoms with van der Waals surface area (Å²) in [7, 11) is 0. The number of β-amino-alcohol motifs (C(OH)–C–C–N with tert-alkyl or cyclic N) is 1. The van der Waals surface area contributed by atoms with Crippen LogP contribution in [0.1, 0.15) is 44.7 Å². The van der Waals surface area contributed by atoms with Crippen molar-refractivity contribution < 1.29 is 24.1 Å². The van der Waals surface area contributed by atoms with Gasteiger partial charge in [-0.3, -0.25) is 9.80 Å². The monoisotopic (exact) mass is 469 g/mol. The highest BCUT2D eigenvalue weighted by Gasteiger charge is 2.32. The summed E-state index contributed by atoms with van der Waals surface area (Å²) in [6.45, 7) is 7.80. The topological polar surface area (TPSA) is 113 Å². The molecule has 2 heterocycles. The highest BCUT2D eigenvalue weighted by molar-refractivity contribution is 5.96. The number of aliphatic hydroxyl groups is 1. The molecule has 10 heteroatoms. The summed E-state index contributed by atoms with van der Waals surface area (Å²) in [5.41, 5.74) is 0.890. The van der Waals surface area contributed by atoms with Crippen molar-refractivity contribution in [3.63, 3.8) is 0 Å². The first-order valence-electron chi connectivity index (χ1n) is 11.0. The normalized spacial score (nSPS) is 14.2. The number of benzene rings is 2. The summed E-state index contributed by atoms with van der Waals surface area (Å²) in [6, 6.07) is 8.75. The molecule has 1 amide bonds. The number of hydrogen-bond acceptors (Lipinski definition) is 7. The molecular weight excluding hydrogens is 441 g/mol. The molecule has 0 saturated heterocycles. The molecule has 0 spiro atoms. The maximum Gasteiger partial charge on any atom is 0.262 e. The molecule has 0 fully saturated rings. The number of ether oxygens (including phenoxy) is 1. The van der Waals surface area contributed by atoms with E-state index in [9.17, 15) is 19.4 Å². The summed E-state index contributed by atoms with van der Waals surface area (Å²) < 4.78 is 18.9. The molecular formula is C24H28FN5O4. The van der Waals surface area contributed by atoms with Gasteiger partial charge in [-0.25, -0.2) is 9.37 Å². The third-order valence-corrected chi connectivity index (χ3v) is 6.07. The number of rotatable bonds is 7. The Hall–Kier alpha value is -3.66. The van der Waals surface area contributed by atoms with Gasteiger partial charge < -0.3 is 20.3 Å². The van der Waals surface area contributed by atoms with Crippen molar-refractivity contribution >= 4 is 11.6 Å². The van der Waals surface area contributed by atoms with Gasteiger partial charge in [0, 0.05) is 17.2 Å². The number of nitrogens with zero attached hydrogens (tertiary/aromatic N) is 4. The van der Waals surface area contributed by atoms with Gasteiger partial charge in [0.25, 0.3) is 5.91 Å². The number of aliphatic hydroxyl groups excluding tert-OH is 1. The van der Waals surface area contributed by atoms with Gasteiger partial charge in [0.1, 0.15) is 29.2 Å². The molecule has 0 bridgehead atoms. The molecule has 1 aliphatic rings. The summed E-state index contributed by atoms with van der Waals surface area (Å²) in [5, 5.41) is 30.6. The lowest BCUT2D eigenvalue weighted by Gasteiger charge is -2.40. The number of amides is 1. The van der Waals surface area contributed by atoms with Gasteiger partial charge in [0.05, 0.1) is 17.8 Å². The molecule has 34 heavy (non-hydrogen) atoms. The minimum Gasteiger partial charge on any atom is -0.508 e. The second-order valence-corrected chi connectivity index (χ2v) is 8.89. The number of phenolic OH excluding ortho intramolecular Hbond substituents is 1. The number of aryl methyl sites for hydroxylation is 1. The van der Waals surface area contributed by atoms with Crippen molar-refractivity contribution in [1.29, 1.82) is 0 Å². The Kier molecular flexibility index (Phi) is 6.18. The molecule has 4 rings (SSSR count). The fourth-order valence-electron chi connectivity index (χ4n) is 3.82. The Balaban J connectivity index is 1.71. The largest absolute Gasteiger partial charge is 0.508 e. The second-order valence-electron chi connectivity index (χ2n) is 8.89. The van der Waals surface area contributed by atoms with Gasteiger partial charge in [0.15, 0.2) is 12.4 Å². The van der Waals surface area contributed by atoms with Crippen LogP contribution >= 0.6 is 0 Å². The number of aromatic hydroxyl groups is 1. The van der Waals surface area contributed by atoms with Crippen LogP contribution in [0.3, 0.4) is 0 Å². The Labute approximate surface area is 196 Å². The van der Waals surface area contributed by atoms with Crippen LogP contribution in [-0.4, -0.2) is 49.7 Å². The van der Waals surface area contributed by atoms with Crippen LogP contribution in [0.25, 0.3) is 11.4 Å². The van der Waals surface area contributed by atoms with Crippen LogP contribution in [0, 0.1) is 12.7 Å². The molecule has 3 N–H and O–H groups in total. The Morgan fingerprint density at radius 1 is 1.29 bits per heavy atom. The van der Waals surface area contributed by atoms with Crippen molar-refractivity contribution in [1.82, 2.24) is 14.9 Å². The first kappa shape index (κ1) is 23.5. The first-order valence-corrected chi connectivity index (χ1v) is 11.0. The molecule has 1 aromatic heterocycles. The van der Waals surface area contributed by atoms with E-state index < -0.39 is 11.6 Å². The lowest BCUT2D eigenvalue weighted by atomic mass is 9.99. The summed E-state index contributed by atoms with van der Waals surface area (Å²) in [6.07, 6.45) is -0.352. The smallest absolute Gasteiger partial charge is 0.262 e. The predicted octanol–water partition coefficient (Wildman–Crippen LogP) is 3.29. The number of phenols is 1. The van der Waals surface area contributed by atoms with E-state index in [4.69, 9.17) is 4.74 Å². The number of halogens is 1. The van der Waals surface area contributed by atoms with E-state index >= 15 is 0 Å². The van der Waals surface area contributed by atoms with Crippen LogP contribution in [0.4, 0.5) is 10.1 Å². The number of carbonyl (C=O) groups excluding carboxylic acids is 1. The van der Waals surface area contributed by atoms with Crippen LogP contribution in [0.2, 0.25) is 0 Å².